The molecule has 0 bridgehead atoms. The molecule has 0 aliphatic heterocycles. The Kier molecular flexibility index (Phi) is 5.86. The van der Waals surface area contributed by atoms with Gasteiger partial charge in [-0.3, -0.25) is 14.9 Å². The van der Waals surface area contributed by atoms with Crippen LogP contribution >= 0.6 is 11.8 Å². The quantitative estimate of drug-likeness (QED) is 0.452. The molecule has 2 rings (SSSR count). The largest absolute Gasteiger partial charge is 0.341 e. The first-order chi connectivity index (χ1) is 11.4. The molecule has 0 aliphatic carbocycles. The van der Waals surface area contributed by atoms with Gasteiger partial charge >= 0.3 is 0 Å². The molecule has 0 spiro atoms. The standard InChI is InChI=1S/C16H14F2N2O3S/c1-19(9-11-2-3-12(17)8-15(11)18)16(21)10-24-14-6-4-13(5-7-14)20(22)23/h2-8H,9-10H2,1H3. The van der Waals surface area contributed by atoms with Gasteiger partial charge < -0.3 is 4.90 Å². The van der Waals surface area contributed by atoms with Gasteiger partial charge in [-0.25, -0.2) is 8.78 Å². The highest BCUT2D eigenvalue weighted by Gasteiger charge is 2.13. The van der Waals surface area contributed by atoms with Crippen LogP contribution in [0.4, 0.5) is 14.5 Å². The highest BCUT2D eigenvalue weighted by molar-refractivity contribution is 8.00. The van der Waals surface area contributed by atoms with Gasteiger partial charge in [-0.1, -0.05) is 6.07 Å². The Labute approximate surface area is 141 Å². The van der Waals surface area contributed by atoms with Crippen molar-refractivity contribution in [2.24, 2.45) is 0 Å². The van der Waals surface area contributed by atoms with Gasteiger partial charge in [0.2, 0.25) is 5.91 Å². The van der Waals surface area contributed by atoms with Gasteiger partial charge in [-0.15, -0.1) is 11.8 Å². The summed E-state index contributed by atoms with van der Waals surface area (Å²) in [7, 11) is 1.53. The highest BCUT2D eigenvalue weighted by atomic mass is 32.2. The first kappa shape index (κ1) is 17.9. The van der Waals surface area contributed by atoms with Crippen molar-refractivity contribution in [3.63, 3.8) is 0 Å². The Morgan fingerprint density at radius 1 is 1.21 bits per heavy atom. The van der Waals surface area contributed by atoms with Crippen LogP contribution in [0.25, 0.3) is 0 Å². The normalized spacial score (nSPS) is 10.5. The minimum absolute atomic E-state index is 0.0189. The summed E-state index contributed by atoms with van der Waals surface area (Å²) in [4.78, 5) is 24.2. The number of hydrogen-bond acceptors (Lipinski definition) is 4. The number of rotatable bonds is 6. The zero-order valence-corrected chi connectivity index (χ0v) is 13.6. The van der Waals surface area contributed by atoms with Crippen LogP contribution < -0.4 is 0 Å². The highest BCUT2D eigenvalue weighted by Crippen LogP contribution is 2.22. The number of carbonyl (C=O) groups is 1. The molecule has 5 nitrogen and oxygen atoms in total. The van der Waals surface area contributed by atoms with Crippen molar-refractivity contribution >= 4 is 23.4 Å². The van der Waals surface area contributed by atoms with Crippen LogP contribution in [-0.2, 0) is 11.3 Å². The van der Waals surface area contributed by atoms with Crippen molar-refractivity contribution in [1.82, 2.24) is 4.90 Å². The Morgan fingerprint density at radius 3 is 2.46 bits per heavy atom. The summed E-state index contributed by atoms with van der Waals surface area (Å²) in [6.45, 7) is 0.0335. The van der Waals surface area contributed by atoms with Crippen molar-refractivity contribution in [2.45, 2.75) is 11.4 Å². The third-order valence-electron chi connectivity index (χ3n) is 3.26. The maximum absolute atomic E-state index is 13.6. The van der Waals surface area contributed by atoms with E-state index in [-0.39, 0.29) is 29.5 Å². The fraction of sp³-hybridized carbons (Fsp3) is 0.188. The molecule has 0 aliphatic rings. The summed E-state index contributed by atoms with van der Waals surface area (Å²) in [5.41, 5.74) is 0.210. The van der Waals surface area contributed by atoms with Gasteiger partial charge in [0.1, 0.15) is 11.6 Å². The van der Waals surface area contributed by atoms with E-state index in [4.69, 9.17) is 0 Å². The summed E-state index contributed by atoms with van der Waals surface area (Å²) < 4.78 is 26.5. The van der Waals surface area contributed by atoms with Gasteiger partial charge in [0, 0.05) is 42.3 Å². The summed E-state index contributed by atoms with van der Waals surface area (Å²) >= 11 is 1.23. The van der Waals surface area contributed by atoms with E-state index in [9.17, 15) is 23.7 Å². The van der Waals surface area contributed by atoms with Crippen LogP contribution in [0, 0.1) is 21.7 Å². The SMILES string of the molecule is CN(Cc1ccc(F)cc1F)C(=O)CSc1ccc([N+](=O)[O-])cc1. The van der Waals surface area contributed by atoms with Crippen LogP contribution in [0.1, 0.15) is 5.56 Å². The summed E-state index contributed by atoms with van der Waals surface area (Å²) in [5.74, 6) is -1.49. The molecule has 0 saturated carbocycles. The smallest absolute Gasteiger partial charge is 0.269 e. The lowest BCUT2D eigenvalue weighted by Crippen LogP contribution is -2.28. The van der Waals surface area contributed by atoms with E-state index in [0.29, 0.717) is 0 Å². The second kappa shape index (κ2) is 7.87. The third kappa shape index (κ3) is 4.76. The van der Waals surface area contributed by atoms with E-state index in [2.05, 4.69) is 0 Å². The molecule has 2 aromatic carbocycles. The van der Waals surface area contributed by atoms with Crippen LogP contribution in [0.5, 0.6) is 0 Å². The number of hydrogen-bond donors (Lipinski definition) is 0. The number of halogens is 2. The number of carbonyl (C=O) groups excluding carboxylic acids is 1. The number of benzene rings is 2. The van der Waals surface area contributed by atoms with Crippen LogP contribution in [0.15, 0.2) is 47.4 Å². The maximum Gasteiger partial charge on any atom is 0.269 e. The molecule has 2 aromatic rings. The van der Waals surface area contributed by atoms with Gasteiger partial charge in [0.25, 0.3) is 5.69 Å². The molecule has 0 N–H and O–H groups in total. The molecule has 8 heteroatoms. The van der Waals surface area contributed by atoms with Gasteiger partial charge in [0.05, 0.1) is 10.7 Å². The predicted octanol–water partition coefficient (Wildman–Crippen LogP) is 3.62. The number of nitro groups is 1. The number of nitrogens with zero attached hydrogens (tertiary/aromatic N) is 2. The number of nitro benzene ring substituents is 1. The van der Waals surface area contributed by atoms with Crippen molar-refractivity contribution in [3.8, 4) is 0 Å². The van der Waals surface area contributed by atoms with Crippen molar-refractivity contribution in [1.29, 1.82) is 0 Å². The molecular formula is C16H14F2N2O3S. The molecule has 0 radical (unpaired) electrons. The molecule has 0 fully saturated rings. The lowest BCUT2D eigenvalue weighted by atomic mass is 10.2. The molecule has 126 valence electrons. The van der Waals surface area contributed by atoms with Gasteiger partial charge in [-0.2, -0.15) is 0 Å². The van der Waals surface area contributed by atoms with E-state index in [1.165, 1.54) is 41.9 Å². The fourth-order valence-electron chi connectivity index (χ4n) is 1.91. The van der Waals surface area contributed by atoms with E-state index in [1.54, 1.807) is 12.1 Å². The van der Waals surface area contributed by atoms with Crippen molar-refractivity contribution in [3.05, 3.63) is 69.8 Å². The molecule has 0 aromatic heterocycles. The van der Waals surface area contributed by atoms with Crippen LogP contribution in [-0.4, -0.2) is 28.5 Å². The fourth-order valence-corrected chi connectivity index (χ4v) is 2.75. The topological polar surface area (TPSA) is 63.5 Å². The average Bonchev–Trinajstić information content (AvgIpc) is 2.55. The molecule has 1 amide bonds. The summed E-state index contributed by atoms with van der Waals surface area (Å²) in [6.07, 6.45) is 0. The summed E-state index contributed by atoms with van der Waals surface area (Å²) in [6, 6.07) is 9.08. The zero-order chi connectivity index (χ0) is 17.7. The average molecular weight is 352 g/mol. The molecule has 0 saturated heterocycles. The predicted molar refractivity (Wildman–Crippen MR) is 86.7 cm³/mol. The second-order valence-corrected chi connectivity index (χ2v) is 6.07. The van der Waals surface area contributed by atoms with Gasteiger partial charge in [0.15, 0.2) is 0 Å². The summed E-state index contributed by atoms with van der Waals surface area (Å²) in [5, 5.41) is 10.6. The Morgan fingerprint density at radius 2 is 1.88 bits per heavy atom. The Hall–Kier alpha value is -2.48. The lowest BCUT2D eigenvalue weighted by molar-refractivity contribution is -0.384. The minimum atomic E-state index is -0.697. The first-order valence-corrected chi connectivity index (χ1v) is 7.90. The molecule has 0 heterocycles. The monoisotopic (exact) mass is 352 g/mol. The molecule has 0 atom stereocenters. The zero-order valence-electron chi connectivity index (χ0n) is 12.7. The number of thioether (sulfide) groups is 1. The van der Waals surface area contributed by atoms with E-state index < -0.39 is 16.6 Å². The first-order valence-electron chi connectivity index (χ1n) is 6.92. The lowest BCUT2D eigenvalue weighted by Gasteiger charge is -2.17. The number of non-ortho nitro benzene ring substituents is 1. The Balaban J connectivity index is 1.90. The van der Waals surface area contributed by atoms with E-state index in [0.717, 1.165) is 17.0 Å². The maximum atomic E-state index is 13.6. The van der Waals surface area contributed by atoms with Crippen LogP contribution in [0.2, 0.25) is 0 Å². The van der Waals surface area contributed by atoms with E-state index >= 15 is 0 Å². The molecular weight excluding hydrogens is 338 g/mol. The molecule has 24 heavy (non-hydrogen) atoms. The van der Waals surface area contributed by atoms with Crippen molar-refractivity contribution < 1.29 is 18.5 Å². The molecule has 0 unspecified atom stereocenters. The minimum Gasteiger partial charge on any atom is -0.341 e. The van der Waals surface area contributed by atoms with E-state index in [1.807, 2.05) is 0 Å². The number of amides is 1. The third-order valence-corrected chi connectivity index (χ3v) is 4.26. The van der Waals surface area contributed by atoms with Crippen molar-refractivity contribution in [2.75, 3.05) is 12.8 Å². The second-order valence-electron chi connectivity index (χ2n) is 5.03. The Bertz CT molecular complexity index is 753. The van der Waals surface area contributed by atoms with Gasteiger partial charge in [-0.05, 0) is 18.2 Å². The van der Waals surface area contributed by atoms with Crippen LogP contribution in [0.3, 0.4) is 0 Å².